The van der Waals surface area contributed by atoms with Crippen LogP contribution >= 0.6 is 0 Å². The summed E-state index contributed by atoms with van der Waals surface area (Å²) in [7, 11) is 1.56. The predicted octanol–water partition coefficient (Wildman–Crippen LogP) is 1.18. The van der Waals surface area contributed by atoms with Gasteiger partial charge in [0.2, 0.25) is 0 Å². The zero-order valence-electron chi connectivity index (χ0n) is 10.6. The number of carboxylic acid groups (broad SMARTS) is 1. The largest absolute Gasteiger partial charge is 0.497 e. The van der Waals surface area contributed by atoms with Crippen LogP contribution in [0, 0.1) is 0 Å². The second-order valence-corrected chi connectivity index (χ2v) is 4.00. The molecule has 1 aromatic rings. The molecule has 1 aromatic carbocycles. The maximum Gasteiger partial charge on any atom is 0.320 e. The standard InChI is InChI=1S/C13H19NO4/c1-3-11(13(16)17)14-8-12(15)9-5-4-6-10(7-9)18-2/h4-7,11-12,14-15H,3,8H2,1-2H3,(H,16,17). The van der Waals surface area contributed by atoms with Gasteiger partial charge in [-0.3, -0.25) is 4.79 Å². The third-order valence-corrected chi connectivity index (χ3v) is 2.74. The maximum atomic E-state index is 10.8. The molecule has 0 saturated heterocycles. The molecule has 5 nitrogen and oxygen atoms in total. The van der Waals surface area contributed by atoms with E-state index < -0.39 is 18.1 Å². The minimum Gasteiger partial charge on any atom is -0.497 e. The highest BCUT2D eigenvalue weighted by molar-refractivity contribution is 5.73. The Morgan fingerprint density at radius 1 is 1.50 bits per heavy atom. The number of carbonyl (C=O) groups is 1. The highest BCUT2D eigenvalue weighted by atomic mass is 16.5. The summed E-state index contributed by atoms with van der Waals surface area (Å²) in [6.45, 7) is 1.97. The summed E-state index contributed by atoms with van der Waals surface area (Å²) in [6, 6.07) is 6.44. The lowest BCUT2D eigenvalue weighted by atomic mass is 10.1. The van der Waals surface area contributed by atoms with E-state index in [9.17, 15) is 9.90 Å². The molecular formula is C13H19NO4. The lowest BCUT2D eigenvalue weighted by Crippen LogP contribution is -2.38. The molecule has 18 heavy (non-hydrogen) atoms. The maximum absolute atomic E-state index is 10.8. The van der Waals surface area contributed by atoms with Crippen molar-refractivity contribution in [1.82, 2.24) is 5.32 Å². The number of nitrogens with one attached hydrogen (secondary N) is 1. The molecular weight excluding hydrogens is 234 g/mol. The van der Waals surface area contributed by atoms with Crippen molar-refractivity contribution in [1.29, 1.82) is 0 Å². The summed E-state index contributed by atoms with van der Waals surface area (Å²) in [4.78, 5) is 10.8. The molecule has 0 aromatic heterocycles. The molecule has 5 heteroatoms. The number of methoxy groups -OCH3 is 1. The van der Waals surface area contributed by atoms with Gasteiger partial charge in [-0.1, -0.05) is 19.1 Å². The molecule has 3 N–H and O–H groups in total. The van der Waals surface area contributed by atoms with Gasteiger partial charge in [0.05, 0.1) is 13.2 Å². The van der Waals surface area contributed by atoms with Crippen LogP contribution in [0.1, 0.15) is 25.0 Å². The number of carboxylic acids is 1. The summed E-state index contributed by atoms with van der Waals surface area (Å²) in [5.74, 6) is -0.243. The van der Waals surface area contributed by atoms with Gasteiger partial charge in [-0.05, 0) is 24.1 Å². The van der Waals surface area contributed by atoms with Gasteiger partial charge in [-0.25, -0.2) is 0 Å². The molecule has 2 atom stereocenters. The van der Waals surface area contributed by atoms with Crippen molar-refractivity contribution >= 4 is 5.97 Å². The Morgan fingerprint density at radius 2 is 2.22 bits per heavy atom. The van der Waals surface area contributed by atoms with Crippen LogP contribution < -0.4 is 10.1 Å². The van der Waals surface area contributed by atoms with Crippen LogP contribution in [-0.4, -0.2) is 35.9 Å². The van der Waals surface area contributed by atoms with Gasteiger partial charge in [0.15, 0.2) is 0 Å². The monoisotopic (exact) mass is 253 g/mol. The van der Waals surface area contributed by atoms with Crippen molar-refractivity contribution in [3.05, 3.63) is 29.8 Å². The van der Waals surface area contributed by atoms with Crippen molar-refractivity contribution in [3.63, 3.8) is 0 Å². The van der Waals surface area contributed by atoms with Crippen molar-refractivity contribution in [2.45, 2.75) is 25.5 Å². The Hall–Kier alpha value is -1.59. The normalized spacial score (nSPS) is 13.9. The molecule has 0 aliphatic heterocycles. The molecule has 0 heterocycles. The van der Waals surface area contributed by atoms with Gasteiger partial charge in [-0.15, -0.1) is 0 Å². The van der Waals surface area contributed by atoms with E-state index in [-0.39, 0.29) is 6.54 Å². The van der Waals surface area contributed by atoms with Crippen molar-refractivity contribution < 1.29 is 19.7 Å². The Morgan fingerprint density at radius 3 is 2.78 bits per heavy atom. The topological polar surface area (TPSA) is 78.8 Å². The summed E-state index contributed by atoms with van der Waals surface area (Å²) in [6.07, 6.45) is -0.284. The molecule has 0 radical (unpaired) electrons. The van der Waals surface area contributed by atoms with Crippen molar-refractivity contribution in [2.24, 2.45) is 0 Å². The quantitative estimate of drug-likeness (QED) is 0.680. The molecule has 0 amide bonds. The summed E-state index contributed by atoms with van der Waals surface area (Å²) >= 11 is 0. The fourth-order valence-electron chi connectivity index (χ4n) is 1.63. The third kappa shape index (κ3) is 4.01. The lowest BCUT2D eigenvalue weighted by Gasteiger charge is -2.16. The van der Waals surface area contributed by atoms with Gasteiger partial charge < -0.3 is 20.3 Å². The first kappa shape index (κ1) is 14.5. The minimum atomic E-state index is -0.907. The lowest BCUT2D eigenvalue weighted by molar-refractivity contribution is -0.139. The molecule has 0 aliphatic rings. The fraction of sp³-hybridized carbons (Fsp3) is 0.462. The van der Waals surface area contributed by atoms with E-state index in [1.54, 1.807) is 38.3 Å². The first-order chi connectivity index (χ1) is 8.58. The number of aliphatic hydroxyl groups is 1. The van der Waals surface area contributed by atoms with Gasteiger partial charge in [-0.2, -0.15) is 0 Å². The molecule has 1 rings (SSSR count). The number of rotatable bonds is 7. The minimum absolute atomic E-state index is 0.192. The zero-order valence-corrected chi connectivity index (χ0v) is 10.6. The molecule has 0 aliphatic carbocycles. The SMILES string of the molecule is CCC(NCC(O)c1cccc(OC)c1)C(=O)O. The summed E-state index contributed by atoms with van der Waals surface area (Å²) < 4.78 is 5.06. The van der Waals surface area contributed by atoms with E-state index in [4.69, 9.17) is 9.84 Å². The molecule has 100 valence electrons. The summed E-state index contributed by atoms with van der Waals surface area (Å²) in [5.41, 5.74) is 0.696. The fourth-order valence-corrected chi connectivity index (χ4v) is 1.63. The molecule has 0 spiro atoms. The highest BCUT2D eigenvalue weighted by Crippen LogP contribution is 2.18. The van der Waals surface area contributed by atoms with Crippen LogP contribution in [0.4, 0.5) is 0 Å². The van der Waals surface area contributed by atoms with Gasteiger partial charge in [0.1, 0.15) is 11.8 Å². The number of hydrogen-bond acceptors (Lipinski definition) is 4. The van der Waals surface area contributed by atoms with Crippen LogP contribution in [0.25, 0.3) is 0 Å². The van der Waals surface area contributed by atoms with Crippen LogP contribution in [0.3, 0.4) is 0 Å². The summed E-state index contributed by atoms with van der Waals surface area (Å²) in [5, 5.41) is 21.6. The van der Waals surface area contributed by atoms with Crippen LogP contribution in [0.15, 0.2) is 24.3 Å². The van der Waals surface area contributed by atoms with E-state index in [1.807, 2.05) is 0 Å². The number of hydrogen-bond donors (Lipinski definition) is 3. The second kappa shape index (κ2) is 6.98. The van der Waals surface area contributed by atoms with E-state index >= 15 is 0 Å². The van der Waals surface area contributed by atoms with Crippen molar-refractivity contribution in [2.75, 3.05) is 13.7 Å². The van der Waals surface area contributed by atoms with Crippen LogP contribution in [0.5, 0.6) is 5.75 Å². The average molecular weight is 253 g/mol. The van der Waals surface area contributed by atoms with Crippen LogP contribution in [-0.2, 0) is 4.79 Å². The Kier molecular flexibility index (Phi) is 5.61. The van der Waals surface area contributed by atoms with Crippen molar-refractivity contribution in [3.8, 4) is 5.75 Å². The first-order valence-corrected chi connectivity index (χ1v) is 5.86. The highest BCUT2D eigenvalue weighted by Gasteiger charge is 2.16. The molecule has 0 bridgehead atoms. The smallest absolute Gasteiger partial charge is 0.320 e. The van der Waals surface area contributed by atoms with Crippen LogP contribution in [0.2, 0.25) is 0 Å². The van der Waals surface area contributed by atoms with Gasteiger partial charge in [0, 0.05) is 6.54 Å². The number of aliphatic carboxylic acids is 1. The Bertz CT molecular complexity index is 394. The molecule has 2 unspecified atom stereocenters. The second-order valence-electron chi connectivity index (χ2n) is 4.00. The Labute approximate surface area is 106 Å². The number of ether oxygens (including phenoxy) is 1. The van der Waals surface area contributed by atoms with Gasteiger partial charge >= 0.3 is 5.97 Å². The number of aliphatic hydroxyl groups excluding tert-OH is 1. The van der Waals surface area contributed by atoms with Gasteiger partial charge in [0.25, 0.3) is 0 Å². The first-order valence-electron chi connectivity index (χ1n) is 5.86. The van der Waals surface area contributed by atoms with E-state index in [2.05, 4.69) is 5.32 Å². The third-order valence-electron chi connectivity index (χ3n) is 2.74. The predicted molar refractivity (Wildman–Crippen MR) is 67.7 cm³/mol. The molecule has 0 fully saturated rings. The van der Waals surface area contributed by atoms with E-state index in [0.29, 0.717) is 17.7 Å². The zero-order chi connectivity index (χ0) is 13.5. The van der Waals surface area contributed by atoms with E-state index in [1.165, 1.54) is 0 Å². The number of benzene rings is 1. The average Bonchev–Trinajstić information content (AvgIpc) is 2.38. The Balaban J connectivity index is 2.59. The molecule has 0 saturated carbocycles. The van der Waals surface area contributed by atoms with E-state index in [0.717, 1.165) is 0 Å².